The van der Waals surface area contributed by atoms with E-state index in [0.29, 0.717) is 38.9 Å². The summed E-state index contributed by atoms with van der Waals surface area (Å²) in [6.45, 7) is 5.06. The quantitative estimate of drug-likeness (QED) is 0.219. The van der Waals surface area contributed by atoms with Gasteiger partial charge in [-0.05, 0) is 32.2 Å². The molecule has 1 aromatic rings. The minimum Gasteiger partial charge on any atom is -0.356 e. The Labute approximate surface area is 172 Å². The summed E-state index contributed by atoms with van der Waals surface area (Å²) in [5.74, 6) is -0.747. The Balaban J connectivity index is 2.46. The van der Waals surface area contributed by atoms with Crippen LogP contribution < -0.4 is 27.4 Å². The van der Waals surface area contributed by atoms with Crippen LogP contribution in [-0.4, -0.2) is 59.4 Å². The van der Waals surface area contributed by atoms with Crippen molar-refractivity contribution >= 4 is 17.7 Å². The lowest BCUT2D eigenvalue weighted by Gasteiger charge is -2.20. The lowest BCUT2D eigenvalue weighted by Crippen LogP contribution is -2.52. The van der Waals surface area contributed by atoms with Crippen molar-refractivity contribution < 1.29 is 14.4 Å². The first kappa shape index (κ1) is 24.6. The van der Waals surface area contributed by atoms with Crippen molar-refractivity contribution in [2.24, 2.45) is 17.4 Å². The highest BCUT2D eigenvalue weighted by Crippen LogP contribution is 2.03. The molecule has 0 spiro atoms. The van der Waals surface area contributed by atoms with Crippen molar-refractivity contribution in [1.29, 1.82) is 0 Å². The molecule has 2 unspecified atom stereocenters. The standard InChI is InChI=1S/C19H35N7O3/c1-13(2)17(27)23-8-5-9-24-19(29)16(6-3-4-7-20)26-18(28)15(21)10-14-11-22-12-25-14/h11-13,15-16H,3-10,20-21H2,1-2H3,(H,22,25)(H,23,27)(H,24,29)(H,26,28). The average Bonchev–Trinajstić information content (AvgIpc) is 3.19. The monoisotopic (exact) mass is 409 g/mol. The van der Waals surface area contributed by atoms with E-state index >= 15 is 0 Å². The van der Waals surface area contributed by atoms with Crippen LogP contribution in [0.2, 0.25) is 0 Å². The highest BCUT2D eigenvalue weighted by atomic mass is 16.2. The fourth-order valence-corrected chi connectivity index (χ4v) is 2.61. The van der Waals surface area contributed by atoms with Gasteiger partial charge < -0.3 is 32.4 Å². The maximum absolute atomic E-state index is 12.5. The maximum atomic E-state index is 12.5. The average molecular weight is 410 g/mol. The number of aromatic nitrogens is 2. The highest BCUT2D eigenvalue weighted by Gasteiger charge is 2.23. The number of carbonyl (C=O) groups is 3. The molecule has 1 heterocycles. The SMILES string of the molecule is CC(C)C(=O)NCCCNC(=O)C(CCCCN)NC(=O)C(N)Cc1cnc[nH]1. The van der Waals surface area contributed by atoms with Gasteiger partial charge in [-0.25, -0.2) is 4.98 Å². The molecule has 29 heavy (non-hydrogen) atoms. The Morgan fingerprint density at radius 3 is 2.34 bits per heavy atom. The topological polar surface area (TPSA) is 168 Å². The molecule has 0 saturated carbocycles. The summed E-state index contributed by atoms with van der Waals surface area (Å²) in [5.41, 5.74) is 12.2. The summed E-state index contributed by atoms with van der Waals surface area (Å²) in [6, 6.07) is -1.46. The third-order valence-electron chi connectivity index (χ3n) is 4.39. The third-order valence-corrected chi connectivity index (χ3v) is 4.39. The van der Waals surface area contributed by atoms with Crippen molar-refractivity contribution in [2.45, 2.75) is 58.0 Å². The summed E-state index contributed by atoms with van der Waals surface area (Å²) in [6.07, 6.45) is 6.00. The molecule has 0 aliphatic rings. The van der Waals surface area contributed by atoms with Crippen molar-refractivity contribution in [3.8, 4) is 0 Å². The molecule has 3 amide bonds. The Hall–Kier alpha value is -2.46. The number of rotatable bonds is 14. The molecule has 0 aliphatic carbocycles. The molecule has 8 N–H and O–H groups in total. The minimum absolute atomic E-state index is 0.0190. The third kappa shape index (κ3) is 10.0. The zero-order chi connectivity index (χ0) is 21.6. The van der Waals surface area contributed by atoms with Crippen molar-refractivity contribution in [3.63, 3.8) is 0 Å². The summed E-state index contributed by atoms with van der Waals surface area (Å²) >= 11 is 0. The molecule has 2 atom stereocenters. The molecular weight excluding hydrogens is 374 g/mol. The maximum Gasteiger partial charge on any atom is 0.242 e. The largest absolute Gasteiger partial charge is 0.356 e. The number of nitrogens with one attached hydrogen (secondary N) is 4. The van der Waals surface area contributed by atoms with Crippen LogP contribution in [0.3, 0.4) is 0 Å². The lowest BCUT2D eigenvalue weighted by atomic mass is 10.1. The molecule has 164 valence electrons. The fourth-order valence-electron chi connectivity index (χ4n) is 2.61. The number of unbranched alkanes of at least 4 members (excludes halogenated alkanes) is 1. The number of H-pyrrole nitrogens is 1. The molecule has 0 fully saturated rings. The van der Waals surface area contributed by atoms with Crippen molar-refractivity contribution in [3.05, 3.63) is 18.2 Å². The van der Waals surface area contributed by atoms with Crippen LogP contribution in [0.1, 0.15) is 45.2 Å². The van der Waals surface area contributed by atoms with E-state index < -0.39 is 18.0 Å². The lowest BCUT2D eigenvalue weighted by molar-refractivity contribution is -0.129. The van der Waals surface area contributed by atoms with Gasteiger partial charge in [0.05, 0.1) is 12.4 Å². The van der Waals surface area contributed by atoms with Crippen LogP contribution in [0, 0.1) is 5.92 Å². The van der Waals surface area contributed by atoms with Gasteiger partial charge in [0.15, 0.2) is 0 Å². The summed E-state index contributed by atoms with van der Waals surface area (Å²) in [4.78, 5) is 43.2. The van der Waals surface area contributed by atoms with E-state index in [-0.39, 0.29) is 17.7 Å². The zero-order valence-electron chi connectivity index (χ0n) is 17.4. The summed E-state index contributed by atoms with van der Waals surface area (Å²) in [5, 5.41) is 8.35. The molecule has 10 nitrogen and oxygen atoms in total. The normalized spacial score (nSPS) is 13.0. The fraction of sp³-hybridized carbons (Fsp3) is 0.684. The number of nitrogens with two attached hydrogens (primary N) is 2. The van der Waals surface area contributed by atoms with Gasteiger partial charge in [0.2, 0.25) is 17.7 Å². The van der Waals surface area contributed by atoms with Gasteiger partial charge in [0.1, 0.15) is 6.04 Å². The van der Waals surface area contributed by atoms with Gasteiger partial charge in [-0.1, -0.05) is 13.8 Å². The van der Waals surface area contributed by atoms with Crippen LogP contribution in [0.5, 0.6) is 0 Å². The van der Waals surface area contributed by atoms with E-state index in [1.54, 1.807) is 6.20 Å². The van der Waals surface area contributed by atoms with Crippen LogP contribution in [0.25, 0.3) is 0 Å². The van der Waals surface area contributed by atoms with E-state index in [1.165, 1.54) is 6.33 Å². The van der Waals surface area contributed by atoms with Gasteiger partial charge in [-0.15, -0.1) is 0 Å². The van der Waals surface area contributed by atoms with Crippen LogP contribution in [0.4, 0.5) is 0 Å². The second-order valence-electron chi connectivity index (χ2n) is 7.32. The van der Waals surface area contributed by atoms with Gasteiger partial charge in [-0.2, -0.15) is 0 Å². The molecule has 1 rings (SSSR count). The molecule has 1 aromatic heterocycles. The van der Waals surface area contributed by atoms with Gasteiger partial charge in [-0.3, -0.25) is 14.4 Å². The first-order chi connectivity index (χ1) is 13.8. The zero-order valence-corrected chi connectivity index (χ0v) is 17.4. The van der Waals surface area contributed by atoms with E-state index in [2.05, 4.69) is 25.9 Å². The predicted molar refractivity (Wildman–Crippen MR) is 111 cm³/mol. The first-order valence-electron chi connectivity index (χ1n) is 10.1. The van der Waals surface area contributed by atoms with Crippen molar-refractivity contribution in [2.75, 3.05) is 19.6 Å². The van der Waals surface area contributed by atoms with Crippen LogP contribution >= 0.6 is 0 Å². The Morgan fingerprint density at radius 1 is 1.07 bits per heavy atom. The van der Waals surface area contributed by atoms with E-state index in [0.717, 1.165) is 18.5 Å². The summed E-state index contributed by atoms with van der Waals surface area (Å²) in [7, 11) is 0. The van der Waals surface area contributed by atoms with Crippen molar-refractivity contribution in [1.82, 2.24) is 25.9 Å². The molecule has 10 heteroatoms. The van der Waals surface area contributed by atoms with Crippen LogP contribution in [-0.2, 0) is 20.8 Å². The number of imidazole rings is 1. The molecule has 0 aliphatic heterocycles. The predicted octanol–water partition coefficient (Wildman–Crippen LogP) is -0.828. The molecule has 0 aromatic carbocycles. The smallest absolute Gasteiger partial charge is 0.242 e. The van der Waals surface area contributed by atoms with Gasteiger partial charge >= 0.3 is 0 Å². The number of amides is 3. The Kier molecular flexibility index (Phi) is 11.6. The number of carbonyl (C=O) groups excluding carboxylic acids is 3. The second-order valence-corrected chi connectivity index (χ2v) is 7.32. The number of hydrogen-bond donors (Lipinski definition) is 6. The molecule has 0 radical (unpaired) electrons. The second kappa shape index (κ2) is 13.7. The number of hydrogen-bond acceptors (Lipinski definition) is 6. The summed E-state index contributed by atoms with van der Waals surface area (Å²) < 4.78 is 0. The number of aromatic amines is 1. The van der Waals surface area contributed by atoms with E-state index in [1.807, 2.05) is 13.8 Å². The van der Waals surface area contributed by atoms with E-state index in [9.17, 15) is 14.4 Å². The highest BCUT2D eigenvalue weighted by molar-refractivity contribution is 5.89. The molecule has 0 bridgehead atoms. The Bertz CT molecular complexity index is 619. The van der Waals surface area contributed by atoms with Gasteiger partial charge in [0, 0.05) is 37.3 Å². The Morgan fingerprint density at radius 2 is 1.76 bits per heavy atom. The van der Waals surface area contributed by atoms with Gasteiger partial charge in [0.25, 0.3) is 0 Å². The van der Waals surface area contributed by atoms with Crippen LogP contribution in [0.15, 0.2) is 12.5 Å². The first-order valence-corrected chi connectivity index (χ1v) is 10.1. The molecular formula is C19H35N7O3. The molecule has 0 saturated heterocycles. The number of nitrogens with zero attached hydrogens (tertiary/aromatic N) is 1. The minimum atomic E-state index is -0.786. The van der Waals surface area contributed by atoms with E-state index in [4.69, 9.17) is 11.5 Å².